The molecular formula is C16H20N4O. The average Bonchev–Trinajstić information content (AvgIpc) is 3.10. The van der Waals surface area contributed by atoms with Gasteiger partial charge >= 0.3 is 0 Å². The molecule has 5 nitrogen and oxygen atoms in total. The van der Waals surface area contributed by atoms with E-state index in [1.54, 1.807) is 0 Å². The topological polar surface area (TPSA) is 54.2 Å². The van der Waals surface area contributed by atoms with Gasteiger partial charge in [-0.05, 0) is 48.2 Å². The molecule has 0 aliphatic carbocycles. The molecule has 1 fully saturated rings. The highest BCUT2D eigenvalue weighted by Gasteiger charge is 2.18. The van der Waals surface area contributed by atoms with Crippen LogP contribution < -0.4 is 10.2 Å². The number of aromatic nitrogens is 2. The van der Waals surface area contributed by atoms with Crippen molar-refractivity contribution in [3.63, 3.8) is 0 Å². The van der Waals surface area contributed by atoms with Crippen molar-refractivity contribution >= 4 is 11.6 Å². The standard InChI is InChI=1S/C16H20N4O/c1-2-4-10-20(9-3-1)16-18-15(21-19-16)13-5-6-14-12(11-13)7-8-17-14/h5-6,11,17H,1-4,7-10H2. The monoisotopic (exact) mass is 284 g/mol. The lowest BCUT2D eigenvalue weighted by molar-refractivity contribution is 0.429. The summed E-state index contributed by atoms with van der Waals surface area (Å²) >= 11 is 0. The fourth-order valence-electron chi connectivity index (χ4n) is 3.17. The zero-order chi connectivity index (χ0) is 14.1. The number of nitrogens with one attached hydrogen (secondary N) is 1. The van der Waals surface area contributed by atoms with Crippen LogP contribution in [0.2, 0.25) is 0 Å². The van der Waals surface area contributed by atoms with E-state index in [2.05, 4.69) is 38.6 Å². The molecule has 4 rings (SSSR count). The van der Waals surface area contributed by atoms with E-state index < -0.39 is 0 Å². The fourth-order valence-corrected chi connectivity index (χ4v) is 3.17. The summed E-state index contributed by atoms with van der Waals surface area (Å²) in [6.07, 6.45) is 6.11. The van der Waals surface area contributed by atoms with Crippen LogP contribution in [0.5, 0.6) is 0 Å². The van der Waals surface area contributed by atoms with Gasteiger partial charge in [-0.25, -0.2) is 0 Å². The molecule has 2 aromatic rings. The van der Waals surface area contributed by atoms with Crippen molar-refractivity contribution in [2.75, 3.05) is 29.9 Å². The Bertz CT molecular complexity index is 629. The molecule has 2 aliphatic rings. The van der Waals surface area contributed by atoms with Gasteiger partial charge < -0.3 is 14.7 Å². The molecule has 5 heteroatoms. The van der Waals surface area contributed by atoms with Crippen LogP contribution in [0.15, 0.2) is 22.7 Å². The van der Waals surface area contributed by atoms with E-state index in [-0.39, 0.29) is 0 Å². The van der Waals surface area contributed by atoms with Crippen LogP contribution in [0.4, 0.5) is 11.6 Å². The molecule has 0 radical (unpaired) electrons. The third kappa shape index (κ3) is 2.48. The van der Waals surface area contributed by atoms with E-state index in [4.69, 9.17) is 4.52 Å². The molecule has 1 N–H and O–H groups in total. The van der Waals surface area contributed by atoms with E-state index in [1.165, 1.54) is 36.9 Å². The second-order valence-electron chi connectivity index (χ2n) is 5.85. The highest BCUT2D eigenvalue weighted by atomic mass is 16.5. The molecule has 2 aliphatic heterocycles. The van der Waals surface area contributed by atoms with Crippen molar-refractivity contribution in [3.05, 3.63) is 23.8 Å². The van der Waals surface area contributed by atoms with E-state index in [9.17, 15) is 0 Å². The largest absolute Gasteiger partial charge is 0.384 e. The molecule has 110 valence electrons. The number of anilines is 2. The molecular weight excluding hydrogens is 264 g/mol. The molecule has 0 spiro atoms. The van der Waals surface area contributed by atoms with Gasteiger partial charge in [0.15, 0.2) is 0 Å². The lowest BCUT2D eigenvalue weighted by atomic mass is 10.1. The molecule has 0 atom stereocenters. The van der Waals surface area contributed by atoms with Crippen LogP contribution >= 0.6 is 0 Å². The van der Waals surface area contributed by atoms with E-state index >= 15 is 0 Å². The highest BCUT2D eigenvalue weighted by molar-refractivity contribution is 5.65. The SMILES string of the molecule is c1cc2c(cc1-c1nc(N3CCCCCC3)no1)CCN2. The van der Waals surface area contributed by atoms with Crippen molar-refractivity contribution in [1.29, 1.82) is 0 Å². The Morgan fingerprint density at radius 2 is 1.95 bits per heavy atom. The molecule has 0 unspecified atom stereocenters. The Balaban J connectivity index is 1.59. The number of rotatable bonds is 2. The summed E-state index contributed by atoms with van der Waals surface area (Å²) in [4.78, 5) is 6.84. The number of hydrogen-bond acceptors (Lipinski definition) is 5. The maximum absolute atomic E-state index is 5.48. The van der Waals surface area contributed by atoms with Crippen LogP contribution in [0.1, 0.15) is 31.2 Å². The Morgan fingerprint density at radius 3 is 2.81 bits per heavy atom. The molecule has 0 bridgehead atoms. The predicted molar refractivity (Wildman–Crippen MR) is 82.6 cm³/mol. The third-order valence-electron chi connectivity index (χ3n) is 4.37. The van der Waals surface area contributed by atoms with E-state index in [0.717, 1.165) is 37.6 Å². The molecule has 3 heterocycles. The molecule has 0 amide bonds. The average molecular weight is 284 g/mol. The lowest BCUT2D eigenvalue weighted by Crippen LogP contribution is -2.24. The Kier molecular flexibility index (Phi) is 3.25. The summed E-state index contributed by atoms with van der Waals surface area (Å²) in [5, 5.41) is 7.54. The second kappa shape index (κ2) is 5.39. The van der Waals surface area contributed by atoms with Crippen molar-refractivity contribution < 1.29 is 4.52 Å². The fraction of sp³-hybridized carbons (Fsp3) is 0.500. The van der Waals surface area contributed by atoms with E-state index in [1.807, 2.05) is 0 Å². The summed E-state index contributed by atoms with van der Waals surface area (Å²) in [6.45, 7) is 3.09. The molecule has 1 aromatic carbocycles. The molecule has 1 saturated heterocycles. The second-order valence-corrected chi connectivity index (χ2v) is 5.85. The summed E-state index contributed by atoms with van der Waals surface area (Å²) in [7, 11) is 0. The van der Waals surface area contributed by atoms with Crippen LogP contribution in [-0.2, 0) is 6.42 Å². The first-order valence-electron chi connectivity index (χ1n) is 7.86. The molecule has 0 saturated carbocycles. The Morgan fingerprint density at radius 1 is 1.10 bits per heavy atom. The van der Waals surface area contributed by atoms with Crippen molar-refractivity contribution in [2.24, 2.45) is 0 Å². The van der Waals surface area contributed by atoms with Gasteiger partial charge in [0, 0.05) is 30.9 Å². The van der Waals surface area contributed by atoms with Gasteiger partial charge in [-0.2, -0.15) is 4.98 Å². The summed E-state index contributed by atoms with van der Waals surface area (Å²) in [6, 6.07) is 6.32. The first-order valence-corrected chi connectivity index (χ1v) is 7.86. The van der Waals surface area contributed by atoms with Crippen LogP contribution in [-0.4, -0.2) is 29.8 Å². The van der Waals surface area contributed by atoms with Crippen LogP contribution in [0, 0.1) is 0 Å². The minimum absolute atomic E-state index is 0.629. The number of nitrogens with zero attached hydrogens (tertiary/aromatic N) is 3. The first kappa shape index (κ1) is 12.7. The van der Waals surface area contributed by atoms with Crippen LogP contribution in [0.25, 0.3) is 11.5 Å². The minimum Gasteiger partial charge on any atom is -0.384 e. The predicted octanol–water partition coefficient (Wildman–Crippen LogP) is 3.09. The van der Waals surface area contributed by atoms with Crippen molar-refractivity contribution in [3.8, 4) is 11.5 Å². The van der Waals surface area contributed by atoms with Crippen molar-refractivity contribution in [1.82, 2.24) is 10.1 Å². The number of fused-ring (bicyclic) bond motifs is 1. The van der Waals surface area contributed by atoms with Gasteiger partial charge in [-0.15, -0.1) is 0 Å². The maximum atomic E-state index is 5.48. The maximum Gasteiger partial charge on any atom is 0.266 e. The summed E-state index contributed by atoms with van der Waals surface area (Å²) in [5.41, 5.74) is 3.58. The third-order valence-corrected chi connectivity index (χ3v) is 4.37. The normalized spacial score (nSPS) is 18.2. The highest BCUT2D eigenvalue weighted by Crippen LogP contribution is 2.28. The summed E-state index contributed by atoms with van der Waals surface area (Å²) in [5.74, 6) is 1.37. The lowest BCUT2D eigenvalue weighted by Gasteiger charge is -2.16. The molecule has 1 aromatic heterocycles. The van der Waals surface area contributed by atoms with Gasteiger partial charge in [0.2, 0.25) is 0 Å². The zero-order valence-electron chi connectivity index (χ0n) is 12.1. The molecule has 21 heavy (non-hydrogen) atoms. The van der Waals surface area contributed by atoms with Gasteiger partial charge in [-0.3, -0.25) is 0 Å². The van der Waals surface area contributed by atoms with Crippen LogP contribution in [0.3, 0.4) is 0 Å². The Labute approximate surface area is 124 Å². The van der Waals surface area contributed by atoms with Gasteiger partial charge in [0.1, 0.15) is 0 Å². The summed E-state index contributed by atoms with van der Waals surface area (Å²) < 4.78 is 5.48. The first-order chi connectivity index (χ1) is 10.4. The zero-order valence-corrected chi connectivity index (χ0v) is 12.1. The minimum atomic E-state index is 0.629. The van der Waals surface area contributed by atoms with Gasteiger partial charge in [0.05, 0.1) is 0 Å². The smallest absolute Gasteiger partial charge is 0.266 e. The number of benzene rings is 1. The van der Waals surface area contributed by atoms with E-state index in [0.29, 0.717) is 5.89 Å². The van der Waals surface area contributed by atoms with Gasteiger partial charge in [0.25, 0.3) is 11.8 Å². The van der Waals surface area contributed by atoms with Crippen molar-refractivity contribution in [2.45, 2.75) is 32.1 Å². The Hall–Kier alpha value is -2.04. The van der Waals surface area contributed by atoms with Gasteiger partial charge in [-0.1, -0.05) is 12.8 Å². The quantitative estimate of drug-likeness (QED) is 0.918. The number of hydrogen-bond donors (Lipinski definition) is 1.